The van der Waals surface area contributed by atoms with Crippen LogP contribution in [0.2, 0.25) is 0 Å². The fraction of sp³-hybridized carbons (Fsp3) is 0.391. The van der Waals surface area contributed by atoms with E-state index in [1.54, 1.807) is 0 Å². The number of fused-ring (bicyclic) bond motifs is 1. The molecule has 154 valence electrons. The second-order valence-corrected chi connectivity index (χ2v) is 7.46. The van der Waals surface area contributed by atoms with Crippen LogP contribution < -0.4 is 5.56 Å². The molecular weight excluding hydrogens is 366 g/mol. The molecule has 0 bridgehead atoms. The van der Waals surface area contributed by atoms with Crippen molar-refractivity contribution in [1.29, 1.82) is 0 Å². The third kappa shape index (κ3) is 3.85. The summed E-state index contributed by atoms with van der Waals surface area (Å²) in [5, 5.41) is 10.4. The van der Waals surface area contributed by atoms with Crippen LogP contribution in [0.25, 0.3) is 22.2 Å². The maximum Gasteiger partial charge on any atom is 0.341 e. The number of carbonyl (C=O) groups is 1. The first-order chi connectivity index (χ1) is 13.8. The quantitative estimate of drug-likeness (QED) is 0.635. The summed E-state index contributed by atoms with van der Waals surface area (Å²) in [4.78, 5) is 28.8. The van der Waals surface area contributed by atoms with E-state index < -0.39 is 11.5 Å². The van der Waals surface area contributed by atoms with Crippen LogP contribution in [0, 0.1) is 6.92 Å². The Balaban J connectivity index is 2.16. The van der Waals surface area contributed by atoms with Crippen molar-refractivity contribution in [3.63, 3.8) is 0 Å². The lowest BCUT2D eigenvalue weighted by Crippen LogP contribution is -2.23. The Morgan fingerprint density at radius 2 is 1.83 bits per heavy atom. The molecule has 29 heavy (non-hydrogen) atoms. The Hall–Kier alpha value is -2.86. The van der Waals surface area contributed by atoms with E-state index in [2.05, 4.69) is 60.5 Å². The Bertz CT molecular complexity index is 1120. The van der Waals surface area contributed by atoms with Gasteiger partial charge in [-0.25, -0.2) is 4.79 Å². The van der Waals surface area contributed by atoms with E-state index in [-0.39, 0.29) is 5.56 Å². The minimum Gasteiger partial charge on any atom is -0.477 e. The highest BCUT2D eigenvalue weighted by Gasteiger charge is 2.17. The topological polar surface area (TPSA) is 78.3 Å². The average Bonchev–Trinajstić information content (AvgIpc) is 3.01. The molecule has 3 rings (SSSR count). The van der Waals surface area contributed by atoms with Crippen molar-refractivity contribution < 1.29 is 9.90 Å². The second kappa shape index (κ2) is 8.25. The van der Waals surface area contributed by atoms with Crippen LogP contribution in [0.1, 0.15) is 48.0 Å². The minimum absolute atomic E-state index is 0.218. The number of carboxylic acid groups (broad SMARTS) is 1. The third-order valence-electron chi connectivity index (χ3n) is 5.72. The summed E-state index contributed by atoms with van der Waals surface area (Å²) in [6.45, 7) is 11.2. The molecule has 0 saturated heterocycles. The first kappa shape index (κ1) is 20.9. The van der Waals surface area contributed by atoms with Gasteiger partial charge in [0, 0.05) is 24.7 Å². The van der Waals surface area contributed by atoms with Crippen molar-refractivity contribution in [1.82, 2.24) is 14.5 Å². The van der Waals surface area contributed by atoms with E-state index in [4.69, 9.17) is 0 Å². The molecule has 0 fully saturated rings. The number of hydrogen-bond donors (Lipinski definition) is 2. The molecule has 2 N–H and O–H groups in total. The SMILES string of the molecule is CCc1cc(C(=O)O)c(=O)[nH]c1-c1cc(C)c2c(c1)cc(CN(CC)CC)n2C. The van der Waals surface area contributed by atoms with Crippen molar-refractivity contribution in [2.45, 2.75) is 40.7 Å². The predicted molar refractivity (Wildman–Crippen MR) is 117 cm³/mol. The van der Waals surface area contributed by atoms with E-state index in [1.807, 2.05) is 6.92 Å². The highest BCUT2D eigenvalue weighted by atomic mass is 16.4. The number of aromatic amines is 1. The van der Waals surface area contributed by atoms with Crippen LogP contribution >= 0.6 is 0 Å². The standard InChI is InChI=1S/C23H29N3O3/c1-6-15-12-19(23(28)29)22(27)24-20(15)16-9-14(4)21-17(10-16)11-18(25(21)5)13-26(7-2)8-3/h9-12H,6-8,13H2,1-5H3,(H,24,27)(H,28,29). The van der Waals surface area contributed by atoms with E-state index >= 15 is 0 Å². The van der Waals surface area contributed by atoms with Crippen LogP contribution in [0.3, 0.4) is 0 Å². The fourth-order valence-electron chi connectivity index (χ4n) is 4.04. The summed E-state index contributed by atoms with van der Waals surface area (Å²) >= 11 is 0. The van der Waals surface area contributed by atoms with Gasteiger partial charge < -0.3 is 14.7 Å². The molecule has 6 heteroatoms. The van der Waals surface area contributed by atoms with Crippen molar-refractivity contribution in [3.05, 3.63) is 57.0 Å². The lowest BCUT2D eigenvalue weighted by molar-refractivity contribution is 0.0695. The number of rotatable bonds is 7. The molecule has 0 amide bonds. The molecule has 3 aromatic rings. The molecule has 1 aromatic carbocycles. The monoisotopic (exact) mass is 395 g/mol. The lowest BCUT2D eigenvalue weighted by Gasteiger charge is -2.18. The van der Waals surface area contributed by atoms with Gasteiger partial charge in [0.1, 0.15) is 5.56 Å². The van der Waals surface area contributed by atoms with E-state index in [0.717, 1.165) is 41.7 Å². The van der Waals surface area contributed by atoms with Crippen LogP contribution in [0.4, 0.5) is 0 Å². The maximum absolute atomic E-state index is 12.3. The summed E-state index contributed by atoms with van der Waals surface area (Å²) < 4.78 is 2.24. The first-order valence-corrected chi connectivity index (χ1v) is 10.1. The molecule has 6 nitrogen and oxygen atoms in total. The van der Waals surface area contributed by atoms with Gasteiger partial charge >= 0.3 is 5.97 Å². The van der Waals surface area contributed by atoms with Crippen molar-refractivity contribution in [2.24, 2.45) is 7.05 Å². The number of nitrogens with one attached hydrogen (secondary N) is 1. The molecular formula is C23H29N3O3. The summed E-state index contributed by atoms with van der Waals surface area (Å²) in [6.07, 6.45) is 0.630. The van der Waals surface area contributed by atoms with Gasteiger partial charge in [-0.2, -0.15) is 0 Å². The number of pyridine rings is 1. The molecule has 2 heterocycles. The molecule has 0 aliphatic heterocycles. The van der Waals surface area contributed by atoms with Gasteiger partial charge in [0.2, 0.25) is 0 Å². The highest BCUT2D eigenvalue weighted by Crippen LogP contribution is 2.30. The van der Waals surface area contributed by atoms with Gasteiger partial charge in [0.25, 0.3) is 5.56 Å². The predicted octanol–water partition coefficient (Wildman–Crippen LogP) is 3.94. The number of aromatic carboxylic acids is 1. The number of benzene rings is 1. The second-order valence-electron chi connectivity index (χ2n) is 7.46. The Labute approximate surface area is 170 Å². The number of aryl methyl sites for hydroxylation is 3. The van der Waals surface area contributed by atoms with Gasteiger partial charge in [-0.3, -0.25) is 9.69 Å². The zero-order valence-corrected chi connectivity index (χ0v) is 17.8. The van der Waals surface area contributed by atoms with Crippen LogP contribution in [-0.4, -0.2) is 38.6 Å². The summed E-state index contributed by atoms with van der Waals surface area (Å²) in [7, 11) is 2.09. The van der Waals surface area contributed by atoms with Gasteiger partial charge in [-0.05, 0) is 67.4 Å². The van der Waals surface area contributed by atoms with Gasteiger partial charge in [0.05, 0.1) is 11.2 Å². The molecule has 0 aliphatic carbocycles. The summed E-state index contributed by atoms with van der Waals surface area (Å²) in [5.74, 6) is -1.21. The van der Waals surface area contributed by atoms with Gasteiger partial charge in [-0.15, -0.1) is 0 Å². The highest BCUT2D eigenvalue weighted by molar-refractivity contribution is 5.91. The number of H-pyrrole nitrogens is 1. The Morgan fingerprint density at radius 1 is 1.14 bits per heavy atom. The minimum atomic E-state index is -1.21. The number of carboxylic acids is 1. The summed E-state index contributed by atoms with van der Waals surface area (Å²) in [5.41, 5.74) is 5.17. The van der Waals surface area contributed by atoms with Gasteiger partial charge in [0.15, 0.2) is 0 Å². The molecule has 0 atom stereocenters. The average molecular weight is 396 g/mol. The van der Waals surface area contributed by atoms with Crippen molar-refractivity contribution in [3.8, 4) is 11.3 Å². The van der Waals surface area contributed by atoms with Gasteiger partial charge in [-0.1, -0.05) is 20.8 Å². The van der Waals surface area contributed by atoms with Crippen LogP contribution in [-0.2, 0) is 20.0 Å². The fourth-order valence-corrected chi connectivity index (χ4v) is 4.04. The smallest absolute Gasteiger partial charge is 0.341 e. The maximum atomic E-state index is 12.3. The molecule has 0 aliphatic rings. The van der Waals surface area contributed by atoms with E-state index in [9.17, 15) is 14.7 Å². The molecule has 2 aromatic heterocycles. The summed E-state index contributed by atoms with van der Waals surface area (Å²) in [6, 6.07) is 7.85. The van der Waals surface area contributed by atoms with E-state index in [1.165, 1.54) is 17.3 Å². The number of hydrogen-bond acceptors (Lipinski definition) is 3. The lowest BCUT2D eigenvalue weighted by atomic mass is 9.99. The third-order valence-corrected chi connectivity index (χ3v) is 5.72. The van der Waals surface area contributed by atoms with Crippen molar-refractivity contribution >= 4 is 16.9 Å². The van der Waals surface area contributed by atoms with Crippen LogP contribution in [0.15, 0.2) is 29.1 Å². The number of nitrogens with zero attached hydrogens (tertiary/aromatic N) is 2. The normalized spacial score (nSPS) is 11.5. The zero-order valence-electron chi connectivity index (χ0n) is 17.8. The zero-order chi connectivity index (χ0) is 21.3. The molecule has 0 unspecified atom stereocenters. The molecule has 0 saturated carbocycles. The Kier molecular flexibility index (Phi) is 5.94. The van der Waals surface area contributed by atoms with Crippen LogP contribution in [0.5, 0.6) is 0 Å². The van der Waals surface area contributed by atoms with Crippen molar-refractivity contribution in [2.75, 3.05) is 13.1 Å². The molecule has 0 spiro atoms. The first-order valence-electron chi connectivity index (χ1n) is 10.1. The number of aromatic nitrogens is 2. The Morgan fingerprint density at radius 3 is 2.41 bits per heavy atom. The van der Waals surface area contributed by atoms with E-state index in [0.29, 0.717) is 12.1 Å². The largest absolute Gasteiger partial charge is 0.477 e. The molecule has 0 radical (unpaired) electrons.